The van der Waals surface area contributed by atoms with E-state index in [9.17, 15) is 8.42 Å². The van der Waals surface area contributed by atoms with E-state index in [2.05, 4.69) is 10.0 Å². The molecule has 0 bridgehead atoms. The zero-order valence-electron chi connectivity index (χ0n) is 12.9. The normalized spacial score (nSPS) is 21.5. The predicted octanol–water partition coefficient (Wildman–Crippen LogP) is 1.19. The molecule has 1 atom stereocenters. The van der Waals surface area contributed by atoms with Crippen molar-refractivity contribution < 1.29 is 8.42 Å². The summed E-state index contributed by atoms with van der Waals surface area (Å²) >= 11 is 0. The van der Waals surface area contributed by atoms with Crippen molar-refractivity contribution in [1.29, 1.82) is 0 Å². The number of rotatable bonds is 5. The summed E-state index contributed by atoms with van der Waals surface area (Å²) in [6, 6.07) is -0.0764. The molecule has 0 aliphatic carbocycles. The van der Waals surface area contributed by atoms with Gasteiger partial charge < -0.3 is 5.32 Å². The molecule has 0 aromatic heterocycles. The van der Waals surface area contributed by atoms with E-state index in [1.807, 2.05) is 34.7 Å². The maximum absolute atomic E-state index is 12.3. The molecule has 1 unspecified atom stereocenters. The summed E-state index contributed by atoms with van der Waals surface area (Å²) in [6.45, 7) is 10.3. The standard InChI is InChI=1S/C13H29N3O2S/c1-11(13(2,3)4)15-19(17,18)16-8-6-12(7-9-16)10-14-5/h11-12,14-15H,6-10H2,1-5H3. The lowest BCUT2D eigenvalue weighted by atomic mass is 9.89. The predicted molar refractivity (Wildman–Crippen MR) is 79.2 cm³/mol. The van der Waals surface area contributed by atoms with E-state index in [1.54, 1.807) is 4.31 Å². The van der Waals surface area contributed by atoms with Crippen molar-refractivity contribution in [2.24, 2.45) is 11.3 Å². The average Bonchev–Trinajstić information content (AvgIpc) is 2.28. The van der Waals surface area contributed by atoms with Crippen LogP contribution in [0.1, 0.15) is 40.5 Å². The lowest BCUT2D eigenvalue weighted by Crippen LogP contribution is -2.51. The first-order valence-electron chi connectivity index (χ1n) is 7.09. The van der Waals surface area contributed by atoms with Crippen LogP contribution in [-0.4, -0.2) is 45.4 Å². The van der Waals surface area contributed by atoms with Crippen molar-refractivity contribution in [3.63, 3.8) is 0 Å². The molecule has 1 aliphatic heterocycles. The maximum atomic E-state index is 12.3. The number of hydrogen-bond donors (Lipinski definition) is 2. The highest BCUT2D eigenvalue weighted by molar-refractivity contribution is 7.87. The molecule has 114 valence electrons. The Kier molecular flexibility index (Phi) is 5.79. The molecule has 1 aliphatic rings. The van der Waals surface area contributed by atoms with Gasteiger partial charge in [0.15, 0.2) is 0 Å². The number of hydrogen-bond acceptors (Lipinski definition) is 3. The Balaban J connectivity index is 2.56. The Labute approximate surface area is 118 Å². The quantitative estimate of drug-likeness (QED) is 0.800. The van der Waals surface area contributed by atoms with Gasteiger partial charge in [-0.1, -0.05) is 20.8 Å². The van der Waals surface area contributed by atoms with Crippen LogP contribution in [0.25, 0.3) is 0 Å². The molecule has 6 heteroatoms. The van der Waals surface area contributed by atoms with Gasteiger partial charge >= 0.3 is 0 Å². The van der Waals surface area contributed by atoms with Gasteiger partial charge in [-0.2, -0.15) is 17.4 Å². The summed E-state index contributed by atoms with van der Waals surface area (Å²) in [6.07, 6.45) is 1.87. The van der Waals surface area contributed by atoms with Crippen LogP contribution in [0.3, 0.4) is 0 Å². The number of nitrogens with one attached hydrogen (secondary N) is 2. The Morgan fingerprint density at radius 1 is 1.26 bits per heavy atom. The van der Waals surface area contributed by atoms with E-state index in [-0.39, 0.29) is 11.5 Å². The van der Waals surface area contributed by atoms with Gasteiger partial charge in [0.2, 0.25) is 0 Å². The molecular weight excluding hydrogens is 262 g/mol. The highest BCUT2D eigenvalue weighted by Gasteiger charge is 2.31. The van der Waals surface area contributed by atoms with E-state index in [0.717, 1.165) is 19.4 Å². The molecule has 0 amide bonds. The molecule has 0 radical (unpaired) electrons. The van der Waals surface area contributed by atoms with Gasteiger partial charge in [0, 0.05) is 19.1 Å². The van der Waals surface area contributed by atoms with Crippen LogP contribution in [-0.2, 0) is 10.2 Å². The average molecular weight is 291 g/mol. The second kappa shape index (κ2) is 6.52. The first-order chi connectivity index (χ1) is 8.66. The SMILES string of the molecule is CNCC1CCN(S(=O)(=O)NC(C)C(C)(C)C)CC1. The van der Waals surface area contributed by atoms with E-state index in [1.165, 1.54) is 0 Å². The monoisotopic (exact) mass is 291 g/mol. The summed E-state index contributed by atoms with van der Waals surface area (Å²) in [4.78, 5) is 0. The molecule has 0 aromatic carbocycles. The third kappa shape index (κ3) is 5.02. The van der Waals surface area contributed by atoms with E-state index < -0.39 is 10.2 Å². The van der Waals surface area contributed by atoms with Gasteiger partial charge in [-0.3, -0.25) is 0 Å². The minimum absolute atomic E-state index is 0.0719. The van der Waals surface area contributed by atoms with Gasteiger partial charge in [-0.15, -0.1) is 0 Å². The minimum atomic E-state index is -3.34. The van der Waals surface area contributed by atoms with Gasteiger partial charge in [-0.05, 0) is 44.7 Å². The van der Waals surface area contributed by atoms with E-state index in [0.29, 0.717) is 19.0 Å². The third-order valence-corrected chi connectivity index (χ3v) is 5.73. The molecule has 0 spiro atoms. The Hall–Kier alpha value is -0.170. The molecule has 5 nitrogen and oxygen atoms in total. The zero-order chi connectivity index (χ0) is 14.7. The maximum Gasteiger partial charge on any atom is 0.279 e. The number of nitrogens with zero attached hydrogens (tertiary/aromatic N) is 1. The molecule has 0 aromatic rings. The van der Waals surface area contributed by atoms with Crippen LogP contribution >= 0.6 is 0 Å². The first-order valence-corrected chi connectivity index (χ1v) is 8.53. The second-order valence-corrected chi connectivity index (χ2v) is 8.31. The smallest absolute Gasteiger partial charge is 0.279 e. The Morgan fingerprint density at radius 2 is 1.79 bits per heavy atom. The fraction of sp³-hybridized carbons (Fsp3) is 1.00. The minimum Gasteiger partial charge on any atom is -0.319 e. The Bertz CT molecular complexity index is 368. The summed E-state index contributed by atoms with van der Waals surface area (Å²) in [5.74, 6) is 0.594. The lowest BCUT2D eigenvalue weighted by molar-refractivity contribution is 0.258. The van der Waals surface area contributed by atoms with Crippen LogP contribution in [0.2, 0.25) is 0 Å². The second-order valence-electron chi connectivity index (χ2n) is 6.61. The van der Waals surface area contributed by atoms with Crippen molar-refractivity contribution in [1.82, 2.24) is 14.3 Å². The van der Waals surface area contributed by atoms with Crippen molar-refractivity contribution in [3.8, 4) is 0 Å². The highest BCUT2D eigenvalue weighted by Crippen LogP contribution is 2.22. The van der Waals surface area contributed by atoms with E-state index >= 15 is 0 Å². The molecule has 1 saturated heterocycles. The summed E-state index contributed by atoms with van der Waals surface area (Å²) < 4.78 is 29.0. The molecule has 1 fully saturated rings. The summed E-state index contributed by atoms with van der Waals surface area (Å²) in [5.41, 5.74) is -0.0719. The summed E-state index contributed by atoms with van der Waals surface area (Å²) in [5, 5.41) is 3.16. The molecule has 2 N–H and O–H groups in total. The van der Waals surface area contributed by atoms with Gasteiger partial charge in [-0.25, -0.2) is 0 Å². The van der Waals surface area contributed by atoms with Crippen molar-refractivity contribution in [2.75, 3.05) is 26.7 Å². The molecule has 19 heavy (non-hydrogen) atoms. The van der Waals surface area contributed by atoms with Crippen LogP contribution in [0.5, 0.6) is 0 Å². The number of piperidine rings is 1. The fourth-order valence-corrected chi connectivity index (χ4v) is 3.76. The van der Waals surface area contributed by atoms with Crippen LogP contribution in [0.15, 0.2) is 0 Å². The van der Waals surface area contributed by atoms with Gasteiger partial charge in [0.05, 0.1) is 0 Å². The lowest BCUT2D eigenvalue weighted by Gasteiger charge is -2.34. The van der Waals surface area contributed by atoms with Gasteiger partial charge in [0.25, 0.3) is 10.2 Å². The van der Waals surface area contributed by atoms with Crippen molar-refractivity contribution in [2.45, 2.75) is 46.6 Å². The molecule has 1 heterocycles. The van der Waals surface area contributed by atoms with Crippen LogP contribution in [0, 0.1) is 11.3 Å². The van der Waals surface area contributed by atoms with Crippen molar-refractivity contribution in [3.05, 3.63) is 0 Å². The first kappa shape index (κ1) is 16.9. The largest absolute Gasteiger partial charge is 0.319 e. The van der Waals surface area contributed by atoms with E-state index in [4.69, 9.17) is 0 Å². The summed E-state index contributed by atoms with van der Waals surface area (Å²) in [7, 11) is -1.40. The topological polar surface area (TPSA) is 61.4 Å². The molecule has 1 rings (SSSR count). The molecular formula is C13H29N3O2S. The van der Waals surface area contributed by atoms with Crippen molar-refractivity contribution >= 4 is 10.2 Å². The van der Waals surface area contributed by atoms with Gasteiger partial charge in [0.1, 0.15) is 0 Å². The third-order valence-electron chi connectivity index (χ3n) is 4.03. The Morgan fingerprint density at radius 3 is 2.21 bits per heavy atom. The highest BCUT2D eigenvalue weighted by atomic mass is 32.2. The van der Waals surface area contributed by atoms with Crippen LogP contribution in [0.4, 0.5) is 0 Å². The molecule has 0 saturated carbocycles. The zero-order valence-corrected chi connectivity index (χ0v) is 13.7. The fourth-order valence-electron chi connectivity index (χ4n) is 2.12. The van der Waals surface area contributed by atoms with Crippen LogP contribution < -0.4 is 10.0 Å².